The van der Waals surface area contributed by atoms with Gasteiger partial charge in [-0.15, -0.1) is 0 Å². The summed E-state index contributed by atoms with van der Waals surface area (Å²) in [6.45, 7) is 5.45. The molecule has 1 aliphatic heterocycles. The Labute approximate surface area is 172 Å². The number of carbonyl (C=O) groups excluding carboxylic acids is 2. The second-order valence-corrected chi connectivity index (χ2v) is 7.64. The topological polar surface area (TPSA) is 70.7 Å². The maximum Gasteiger partial charge on any atom is 0.251 e. The van der Waals surface area contributed by atoms with Crippen LogP contribution < -0.4 is 15.4 Å². The molecule has 0 bridgehead atoms. The summed E-state index contributed by atoms with van der Waals surface area (Å²) in [4.78, 5) is 26.7. The van der Waals surface area contributed by atoms with Gasteiger partial charge in [0, 0.05) is 24.3 Å². The van der Waals surface area contributed by atoms with Crippen LogP contribution in [0.1, 0.15) is 35.7 Å². The van der Waals surface area contributed by atoms with Crippen LogP contribution >= 0.6 is 0 Å². The van der Waals surface area contributed by atoms with Gasteiger partial charge in [0.15, 0.2) is 0 Å². The molecule has 1 heterocycles. The van der Waals surface area contributed by atoms with Crippen molar-refractivity contribution in [2.24, 2.45) is 5.92 Å². The number of nitrogens with one attached hydrogen (secondary N) is 2. The van der Waals surface area contributed by atoms with Gasteiger partial charge in [0.05, 0.1) is 13.7 Å². The molecule has 29 heavy (non-hydrogen) atoms. The van der Waals surface area contributed by atoms with Gasteiger partial charge in [-0.25, -0.2) is 0 Å². The summed E-state index contributed by atoms with van der Waals surface area (Å²) in [5.74, 6) is 0.881. The van der Waals surface area contributed by atoms with Crippen molar-refractivity contribution >= 4 is 17.5 Å². The summed E-state index contributed by atoms with van der Waals surface area (Å²) in [6, 6.07) is 14.7. The van der Waals surface area contributed by atoms with Gasteiger partial charge in [0.1, 0.15) is 5.75 Å². The lowest BCUT2D eigenvalue weighted by Gasteiger charge is -2.30. The molecule has 6 nitrogen and oxygen atoms in total. The highest BCUT2D eigenvalue weighted by molar-refractivity contribution is 5.99. The molecule has 0 aromatic heterocycles. The number of methoxy groups -OCH3 is 1. The third-order valence-electron chi connectivity index (χ3n) is 5.15. The fourth-order valence-electron chi connectivity index (χ4n) is 3.59. The number of hydrogen-bond acceptors (Lipinski definition) is 4. The van der Waals surface area contributed by atoms with E-state index in [0.717, 1.165) is 31.2 Å². The minimum absolute atomic E-state index is 0.0850. The van der Waals surface area contributed by atoms with Crippen molar-refractivity contribution in [2.75, 3.05) is 32.1 Å². The van der Waals surface area contributed by atoms with Crippen LogP contribution in [-0.2, 0) is 11.3 Å². The summed E-state index contributed by atoms with van der Waals surface area (Å²) in [5.41, 5.74) is 2.45. The molecule has 0 saturated carbocycles. The first kappa shape index (κ1) is 20.9. The molecule has 2 aromatic carbocycles. The smallest absolute Gasteiger partial charge is 0.251 e. The lowest BCUT2D eigenvalue weighted by Crippen LogP contribution is -2.33. The maximum atomic E-state index is 12.1. The Morgan fingerprint density at radius 2 is 1.83 bits per heavy atom. The predicted octanol–water partition coefficient (Wildman–Crippen LogP) is 3.30. The molecule has 154 valence electrons. The van der Waals surface area contributed by atoms with Crippen molar-refractivity contribution in [3.8, 4) is 5.75 Å². The monoisotopic (exact) mass is 395 g/mol. The summed E-state index contributed by atoms with van der Waals surface area (Å²) >= 11 is 0. The van der Waals surface area contributed by atoms with Crippen molar-refractivity contribution in [1.29, 1.82) is 0 Å². The number of amides is 2. The number of hydrogen-bond donors (Lipinski definition) is 2. The first-order chi connectivity index (χ1) is 14.0. The number of carbonyl (C=O) groups is 2. The average molecular weight is 396 g/mol. The molecule has 6 heteroatoms. The van der Waals surface area contributed by atoms with E-state index in [0.29, 0.717) is 11.3 Å². The van der Waals surface area contributed by atoms with Crippen LogP contribution in [0, 0.1) is 5.92 Å². The zero-order chi connectivity index (χ0) is 20.6. The number of piperidine rings is 1. The first-order valence-corrected chi connectivity index (χ1v) is 10.1. The van der Waals surface area contributed by atoms with Gasteiger partial charge in [0.25, 0.3) is 5.91 Å². The molecular formula is C23H29N3O3. The largest absolute Gasteiger partial charge is 0.497 e. The second-order valence-electron chi connectivity index (χ2n) is 7.64. The van der Waals surface area contributed by atoms with E-state index in [2.05, 4.69) is 22.5 Å². The van der Waals surface area contributed by atoms with Crippen molar-refractivity contribution in [1.82, 2.24) is 10.2 Å². The summed E-state index contributed by atoms with van der Waals surface area (Å²) < 4.78 is 5.07. The quantitative estimate of drug-likeness (QED) is 0.755. The van der Waals surface area contributed by atoms with Gasteiger partial charge in [-0.2, -0.15) is 0 Å². The Balaban J connectivity index is 1.44. The average Bonchev–Trinajstić information content (AvgIpc) is 2.73. The van der Waals surface area contributed by atoms with Crippen LogP contribution in [0.25, 0.3) is 0 Å². The molecule has 1 aliphatic rings. The molecule has 3 rings (SSSR count). The van der Waals surface area contributed by atoms with E-state index < -0.39 is 0 Å². The molecular weight excluding hydrogens is 366 g/mol. The summed E-state index contributed by atoms with van der Waals surface area (Å²) in [5, 5.41) is 5.45. The highest BCUT2D eigenvalue weighted by Crippen LogP contribution is 2.19. The number of nitrogens with zero attached hydrogens (tertiary/aromatic N) is 1. The maximum absolute atomic E-state index is 12.1. The normalized spacial score (nSPS) is 16.8. The van der Waals surface area contributed by atoms with Crippen molar-refractivity contribution in [2.45, 2.75) is 26.3 Å². The van der Waals surface area contributed by atoms with Gasteiger partial charge in [0.2, 0.25) is 5.91 Å². The van der Waals surface area contributed by atoms with Gasteiger partial charge in [-0.3, -0.25) is 14.5 Å². The molecule has 1 unspecified atom stereocenters. The van der Waals surface area contributed by atoms with Crippen molar-refractivity contribution in [3.63, 3.8) is 0 Å². The van der Waals surface area contributed by atoms with E-state index in [4.69, 9.17) is 4.74 Å². The molecule has 1 fully saturated rings. The highest BCUT2D eigenvalue weighted by atomic mass is 16.5. The fourth-order valence-corrected chi connectivity index (χ4v) is 3.59. The van der Waals surface area contributed by atoms with Crippen LogP contribution in [0.3, 0.4) is 0 Å². The van der Waals surface area contributed by atoms with Crippen molar-refractivity contribution < 1.29 is 14.3 Å². The minimum Gasteiger partial charge on any atom is -0.497 e. The molecule has 0 radical (unpaired) electrons. The molecule has 0 aliphatic carbocycles. The Bertz CT molecular complexity index is 818. The third kappa shape index (κ3) is 6.32. The number of benzene rings is 2. The number of rotatable bonds is 7. The lowest BCUT2D eigenvalue weighted by atomic mass is 10.00. The third-order valence-corrected chi connectivity index (χ3v) is 5.15. The zero-order valence-corrected chi connectivity index (χ0v) is 17.1. The van der Waals surface area contributed by atoms with Gasteiger partial charge in [-0.05, 0) is 67.3 Å². The Morgan fingerprint density at radius 1 is 1.10 bits per heavy atom. The molecule has 2 aromatic rings. The van der Waals surface area contributed by atoms with Crippen LogP contribution in [-0.4, -0.2) is 43.5 Å². The van der Waals surface area contributed by atoms with Crippen molar-refractivity contribution in [3.05, 3.63) is 59.7 Å². The number of likely N-dealkylation sites (tertiary alicyclic amines) is 1. The second kappa shape index (κ2) is 10.1. The van der Waals surface area contributed by atoms with Crippen LogP contribution in [0.5, 0.6) is 5.75 Å². The van der Waals surface area contributed by atoms with Crippen LogP contribution in [0.4, 0.5) is 5.69 Å². The first-order valence-electron chi connectivity index (χ1n) is 10.1. The zero-order valence-electron chi connectivity index (χ0n) is 17.1. The standard InChI is InChI=1S/C23H29N3O3/c1-17-4-3-13-26(15-17)16-18-5-9-20(10-6-18)25-22(27)14-24-23(28)19-7-11-21(29-2)12-8-19/h5-12,17H,3-4,13-16H2,1-2H3,(H,24,28)(H,25,27). The highest BCUT2D eigenvalue weighted by Gasteiger charge is 2.16. The van der Waals surface area contributed by atoms with Crippen LogP contribution in [0.15, 0.2) is 48.5 Å². The SMILES string of the molecule is COc1ccc(C(=O)NCC(=O)Nc2ccc(CN3CCCC(C)C3)cc2)cc1. The Kier molecular flexibility index (Phi) is 7.25. The summed E-state index contributed by atoms with van der Waals surface area (Å²) in [6.07, 6.45) is 2.58. The molecule has 2 amide bonds. The predicted molar refractivity (Wildman–Crippen MR) is 114 cm³/mol. The van der Waals surface area contributed by atoms with E-state index >= 15 is 0 Å². The molecule has 2 N–H and O–H groups in total. The summed E-state index contributed by atoms with van der Waals surface area (Å²) in [7, 11) is 1.57. The number of anilines is 1. The van der Waals surface area contributed by atoms with Crippen LogP contribution in [0.2, 0.25) is 0 Å². The lowest BCUT2D eigenvalue weighted by molar-refractivity contribution is -0.115. The number of ether oxygens (including phenoxy) is 1. The van der Waals surface area contributed by atoms with Gasteiger partial charge in [-0.1, -0.05) is 19.1 Å². The molecule has 0 spiro atoms. The minimum atomic E-state index is -0.297. The van der Waals surface area contributed by atoms with E-state index in [1.807, 2.05) is 24.3 Å². The molecule has 1 saturated heterocycles. The van der Waals surface area contributed by atoms with E-state index in [9.17, 15) is 9.59 Å². The Hall–Kier alpha value is -2.86. The Morgan fingerprint density at radius 3 is 2.48 bits per heavy atom. The van der Waals surface area contributed by atoms with E-state index in [1.54, 1.807) is 31.4 Å². The van der Waals surface area contributed by atoms with Gasteiger partial charge >= 0.3 is 0 Å². The molecule has 1 atom stereocenters. The van der Waals surface area contributed by atoms with E-state index in [-0.39, 0.29) is 18.4 Å². The fraction of sp³-hybridized carbons (Fsp3) is 0.391. The van der Waals surface area contributed by atoms with E-state index in [1.165, 1.54) is 18.4 Å². The van der Waals surface area contributed by atoms with Gasteiger partial charge < -0.3 is 15.4 Å².